The lowest BCUT2D eigenvalue weighted by Crippen LogP contribution is -2.45. The van der Waals surface area contributed by atoms with E-state index in [9.17, 15) is 5.11 Å². The third-order valence-corrected chi connectivity index (χ3v) is 4.62. The maximum Gasteiger partial charge on any atom is 0.0610 e. The van der Waals surface area contributed by atoms with Gasteiger partial charge in [-0.25, -0.2) is 0 Å². The lowest BCUT2D eigenvalue weighted by molar-refractivity contribution is 0.159. The van der Waals surface area contributed by atoms with Crippen molar-refractivity contribution >= 4 is 0 Å². The van der Waals surface area contributed by atoms with Gasteiger partial charge in [0.15, 0.2) is 0 Å². The number of aliphatic hydroxyl groups is 1. The van der Waals surface area contributed by atoms with Crippen molar-refractivity contribution in [1.82, 2.24) is 10.2 Å². The zero-order valence-corrected chi connectivity index (χ0v) is 13.2. The van der Waals surface area contributed by atoms with Crippen molar-refractivity contribution in [2.45, 2.75) is 77.3 Å². The van der Waals surface area contributed by atoms with Crippen molar-refractivity contribution < 1.29 is 5.11 Å². The maximum absolute atomic E-state index is 9.47. The highest BCUT2D eigenvalue weighted by Crippen LogP contribution is 2.24. The minimum atomic E-state index is -0.0842. The molecule has 1 aliphatic carbocycles. The van der Waals surface area contributed by atoms with E-state index in [0.29, 0.717) is 0 Å². The molecule has 114 valence electrons. The second-order valence-electron chi connectivity index (χ2n) is 6.27. The summed E-state index contributed by atoms with van der Waals surface area (Å²) in [6.07, 6.45) is 9.17. The van der Waals surface area contributed by atoms with E-state index in [2.05, 4.69) is 31.0 Å². The normalized spacial score (nSPS) is 20.1. The SMILES string of the molecule is CCNC(C)(CO)CCCCN(CC)C1CCCC1. The van der Waals surface area contributed by atoms with Gasteiger partial charge in [-0.1, -0.05) is 33.1 Å². The molecule has 1 aliphatic rings. The minimum absolute atomic E-state index is 0.0842. The van der Waals surface area contributed by atoms with Crippen molar-refractivity contribution in [3.05, 3.63) is 0 Å². The van der Waals surface area contributed by atoms with Gasteiger partial charge in [0.25, 0.3) is 0 Å². The summed E-state index contributed by atoms with van der Waals surface area (Å²) >= 11 is 0. The Hall–Kier alpha value is -0.120. The first kappa shape index (κ1) is 16.9. The van der Waals surface area contributed by atoms with Crippen LogP contribution in [0.15, 0.2) is 0 Å². The van der Waals surface area contributed by atoms with E-state index in [1.54, 1.807) is 0 Å². The quantitative estimate of drug-likeness (QED) is 0.599. The molecule has 3 heteroatoms. The third-order valence-electron chi connectivity index (χ3n) is 4.62. The van der Waals surface area contributed by atoms with E-state index < -0.39 is 0 Å². The van der Waals surface area contributed by atoms with Crippen LogP contribution in [-0.4, -0.2) is 47.8 Å². The van der Waals surface area contributed by atoms with Crippen LogP contribution in [0.5, 0.6) is 0 Å². The summed E-state index contributed by atoms with van der Waals surface area (Å²) in [5.41, 5.74) is -0.0842. The van der Waals surface area contributed by atoms with E-state index >= 15 is 0 Å². The molecule has 19 heavy (non-hydrogen) atoms. The van der Waals surface area contributed by atoms with Crippen LogP contribution in [0.2, 0.25) is 0 Å². The van der Waals surface area contributed by atoms with E-state index in [0.717, 1.165) is 19.0 Å². The molecule has 0 aromatic heterocycles. The van der Waals surface area contributed by atoms with Crippen LogP contribution in [0.3, 0.4) is 0 Å². The van der Waals surface area contributed by atoms with Crippen LogP contribution in [0, 0.1) is 0 Å². The fourth-order valence-electron chi connectivity index (χ4n) is 3.35. The molecule has 2 N–H and O–H groups in total. The van der Waals surface area contributed by atoms with Gasteiger partial charge in [0, 0.05) is 11.6 Å². The molecule has 0 aliphatic heterocycles. The fraction of sp³-hybridized carbons (Fsp3) is 1.00. The van der Waals surface area contributed by atoms with Gasteiger partial charge in [0.1, 0.15) is 0 Å². The highest BCUT2D eigenvalue weighted by molar-refractivity contribution is 4.82. The summed E-state index contributed by atoms with van der Waals surface area (Å²) in [6.45, 7) is 10.1. The number of nitrogens with zero attached hydrogens (tertiary/aromatic N) is 1. The average Bonchev–Trinajstić information content (AvgIpc) is 2.93. The minimum Gasteiger partial charge on any atom is -0.394 e. The first-order valence-electron chi connectivity index (χ1n) is 8.25. The average molecular weight is 270 g/mol. The predicted molar refractivity (Wildman–Crippen MR) is 82.5 cm³/mol. The van der Waals surface area contributed by atoms with Gasteiger partial charge in [-0.2, -0.15) is 0 Å². The van der Waals surface area contributed by atoms with Crippen LogP contribution >= 0.6 is 0 Å². The molecule has 0 radical (unpaired) electrons. The van der Waals surface area contributed by atoms with Crippen molar-refractivity contribution in [3.8, 4) is 0 Å². The lowest BCUT2D eigenvalue weighted by atomic mass is 9.95. The smallest absolute Gasteiger partial charge is 0.0610 e. The Bertz CT molecular complexity index is 229. The number of nitrogens with one attached hydrogen (secondary N) is 1. The van der Waals surface area contributed by atoms with E-state index in [1.165, 1.54) is 51.6 Å². The summed E-state index contributed by atoms with van der Waals surface area (Å²) in [7, 11) is 0. The Balaban J connectivity index is 2.20. The summed E-state index contributed by atoms with van der Waals surface area (Å²) in [5.74, 6) is 0. The molecule has 3 nitrogen and oxygen atoms in total. The summed E-state index contributed by atoms with van der Waals surface area (Å²) in [6, 6.07) is 0.850. The maximum atomic E-state index is 9.47. The molecule has 0 saturated heterocycles. The summed E-state index contributed by atoms with van der Waals surface area (Å²) in [5, 5.41) is 12.9. The molecule has 1 saturated carbocycles. The van der Waals surface area contributed by atoms with E-state index in [1.807, 2.05) is 0 Å². The summed E-state index contributed by atoms with van der Waals surface area (Å²) < 4.78 is 0. The molecule has 0 aromatic rings. The molecule has 0 aromatic carbocycles. The Labute approximate surface area is 119 Å². The van der Waals surface area contributed by atoms with E-state index in [4.69, 9.17) is 0 Å². The molecule has 1 unspecified atom stereocenters. The highest BCUT2D eigenvalue weighted by atomic mass is 16.3. The third kappa shape index (κ3) is 5.80. The number of hydrogen-bond donors (Lipinski definition) is 2. The van der Waals surface area contributed by atoms with Gasteiger partial charge in [-0.05, 0) is 52.2 Å². The fourth-order valence-corrected chi connectivity index (χ4v) is 3.35. The van der Waals surface area contributed by atoms with Gasteiger partial charge in [-0.15, -0.1) is 0 Å². The number of hydrogen-bond acceptors (Lipinski definition) is 3. The molecule has 1 atom stereocenters. The van der Waals surface area contributed by atoms with Crippen molar-refractivity contribution in [3.63, 3.8) is 0 Å². The molecule has 0 amide bonds. The number of aliphatic hydroxyl groups excluding tert-OH is 1. The van der Waals surface area contributed by atoms with Crippen LogP contribution in [0.1, 0.15) is 65.7 Å². The predicted octanol–water partition coefficient (Wildman–Crippen LogP) is 2.78. The second kappa shape index (κ2) is 8.93. The Morgan fingerprint density at radius 3 is 2.42 bits per heavy atom. The Morgan fingerprint density at radius 2 is 1.89 bits per heavy atom. The Morgan fingerprint density at radius 1 is 1.21 bits per heavy atom. The van der Waals surface area contributed by atoms with Gasteiger partial charge in [0.05, 0.1) is 6.61 Å². The molecule has 1 fully saturated rings. The number of rotatable bonds is 10. The highest BCUT2D eigenvalue weighted by Gasteiger charge is 2.23. The molecule has 0 spiro atoms. The van der Waals surface area contributed by atoms with Gasteiger partial charge < -0.3 is 15.3 Å². The molecule has 0 bridgehead atoms. The first-order chi connectivity index (χ1) is 9.15. The topological polar surface area (TPSA) is 35.5 Å². The van der Waals surface area contributed by atoms with Crippen LogP contribution in [0.25, 0.3) is 0 Å². The summed E-state index contributed by atoms with van der Waals surface area (Å²) in [4.78, 5) is 2.66. The second-order valence-corrected chi connectivity index (χ2v) is 6.27. The zero-order chi connectivity index (χ0) is 14.1. The van der Waals surface area contributed by atoms with Crippen molar-refractivity contribution in [1.29, 1.82) is 0 Å². The van der Waals surface area contributed by atoms with Crippen molar-refractivity contribution in [2.75, 3.05) is 26.2 Å². The molecule has 0 heterocycles. The van der Waals surface area contributed by atoms with Crippen LogP contribution < -0.4 is 5.32 Å². The van der Waals surface area contributed by atoms with Crippen LogP contribution in [0.4, 0.5) is 0 Å². The van der Waals surface area contributed by atoms with Gasteiger partial charge in [-0.3, -0.25) is 0 Å². The monoisotopic (exact) mass is 270 g/mol. The number of unbranched alkanes of at least 4 members (excludes halogenated alkanes) is 1. The van der Waals surface area contributed by atoms with Crippen molar-refractivity contribution in [2.24, 2.45) is 0 Å². The first-order valence-corrected chi connectivity index (χ1v) is 8.25. The lowest BCUT2D eigenvalue weighted by Gasteiger charge is -2.30. The standard InChI is InChI=1S/C16H34N2O/c1-4-17-16(3,14-19)12-8-9-13-18(5-2)15-10-6-7-11-15/h15,17,19H,4-14H2,1-3H3. The molecule has 1 rings (SSSR count). The Kier molecular flexibility index (Phi) is 7.96. The zero-order valence-electron chi connectivity index (χ0n) is 13.2. The largest absolute Gasteiger partial charge is 0.394 e. The molecular formula is C16H34N2O. The van der Waals surface area contributed by atoms with Gasteiger partial charge >= 0.3 is 0 Å². The van der Waals surface area contributed by atoms with E-state index in [-0.39, 0.29) is 12.1 Å². The number of likely N-dealkylation sites (N-methyl/N-ethyl adjacent to an activating group) is 1. The molecular weight excluding hydrogens is 236 g/mol. The van der Waals surface area contributed by atoms with Gasteiger partial charge in [0.2, 0.25) is 0 Å². The van der Waals surface area contributed by atoms with Crippen LogP contribution in [-0.2, 0) is 0 Å².